The molecule has 8 heteroatoms. The van der Waals surface area contributed by atoms with Gasteiger partial charge in [0.15, 0.2) is 11.9 Å². The number of hydrogen-bond acceptors (Lipinski definition) is 7. The molecule has 1 aliphatic carbocycles. The fourth-order valence-corrected chi connectivity index (χ4v) is 6.58. The standard InChI is InChI=1S/C18H33O7P/c1-5-21-26(19,22-6-2)13-11-15-9-7-8-14-10-12-17(3)23-16(20-4)18(14,15)25-24-17/h14-16H,5-13H2,1-4H3/t14-,15+,16+,17-,18-/m1/s1. The molecule has 1 spiro atoms. The van der Waals surface area contributed by atoms with Crippen molar-refractivity contribution in [3.63, 3.8) is 0 Å². The van der Waals surface area contributed by atoms with Gasteiger partial charge in [0.25, 0.3) is 0 Å². The molecule has 1 saturated carbocycles. The quantitative estimate of drug-likeness (QED) is 0.451. The summed E-state index contributed by atoms with van der Waals surface area (Å²) >= 11 is 0. The highest BCUT2D eigenvalue weighted by Crippen LogP contribution is 2.57. The monoisotopic (exact) mass is 392 g/mol. The van der Waals surface area contributed by atoms with Crippen LogP contribution in [0, 0.1) is 11.8 Å². The number of ether oxygens (including phenoxy) is 2. The molecule has 3 heterocycles. The van der Waals surface area contributed by atoms with Crippen molar-refractivity contribution in [3.05, 3.63) is 0 Å². The molecular weight excluding hydrogens is 359 g/mol. The van der Waals surface area contributed by atoms with E-state index in [-0.39, 0.29) is 5.92 Å². The van der Waals surface area contributed by atoms with Crippen molar-refractivity contribution in [2.24, 2.45) is 11.8 Å². The largest absolute Gasteiger partial charge is 0.353 e. The molecule has 4 aliphatic rings. The van der Waals surface area contributed by atoms with Gasteiger partial charge in [0.2, 0.25) is 5.79 Å². The van der Waals surface area contributed by atoms with Crippen molar-refractivity contribution < 1.29 is 32.9 Å². The SMILES string of the molecule is CCOP(=O)(CC[C@@H]1CCC[C@@H]2CC[C@@]3(C)OO[C@]21[C@@H](OC)O3)OCC. The molecule has 2 bridgehead atoms. The molecule has 26 heavy (non-hydrogen) atoms. The van der Waals surface area contributed by atoms with Gasteiger partial charge in [0, 0.05) is 13.5 Å². The van der Waals surface area contributed by atoms with Gasteiger partial charge < -0.3 is 18.5 Å². The van der Waals surface area contributed by atoms with Crippen molar-refractivity contribution in [1.82, 2.24) is 0 Å². The van der Waals surface area contributed by atoms with Gasteiger partial charge in [0.05, 0.1) is 19.4 Å². The van der Waals surface area contributed by atoms with E-state index in [9.17, 15) is 4.57 Å². The van der Waals surface area contributed by atoms with Crippen LogP contribution in [0.1, 0.15) is 59.3 Å². The first-order chi connectivity index (χ1) is 12.4. The van der Waals surface area contributed by atoms with Gasteiger partial charge in [-0.3, -0.25) is 4.57 Å². The van der Waals surface area contributed by atoms with Crippen LogP contribution in [0.25, 0.3) is 0 Å². The molecule has 0 radical (unpaired) electrons. The molecule has 4 fully saturated rings. The molecule has 5 atom stereocenters. The molecule has 0 aromatic heterocycles. The zero-order valence-corrected chi connectivity index (χ0v) is 17.3. The van der Waals surface area contributed by atoms with Crippen molar-refractivity contribution in [1.29, 1.82) is 0 Å². The highest BCUT2D eigenvalue weighted by atomic mass is 31.2. The second-order valence-corrected chi connectivity index (χ2v) is 9.85. The van der Waals surface area contributed by atoms with Crippen LogP contribution in [0.4, 0.5) is 0 Å². The Hall–Kier alpha value is -0.0100. The molecule has 0 aromatic rings. The zero-order valence-electron chi connectivity index (χ0n) is 16.4. The van der Waals surface area contributed by atoms with Gasteiger partial charge in [-0.2, -0.15) is 0 Å². The second kappa shape index (κ2) is 8.16. The smallest absolute Gasteiger partial charge is 0.330 e. The van der Waals surface area contributed by atoms with Gasteiger partial charge in [-0.15, -0.1) is 0 Å². The van der Waals surface area contributed by atoms with E-state index in [0.29, 0.717) is 31.7 Å². The van der Waals surface area contributed by atoms with Crippen LogP contribution >= 0.6 is 7.60 Å². The summed E-state index contributed by atoms with van der Waals surface area (Å²) in [5.41, 5.74) is -0.660. The van der Waals surface area contributed by atoms with E-state index >= 15 is 0 Å². The Balaban J connectivity index is 1.81. The lowest BCUT2D eigenvalue weighted by Gasteiger charge is -2.53. The van der Waals surface area contributed by atoms with E-state index in [1.165, 1.54) is 0 Å². The Morgan fingerprint density at radius 1 is 1.12 bits per heavy atom. The van der Waals surface area contributed by atoms with E-state index < -0.39 is 25.3 Å². The lowest BCUT2D eigenvalue weighted by molar-refractivity contribution is -0.554. The number of methoxy groups -OCH3 is 1. The zero-order chi connectivity index (χ0) is 18.8. The van der Waals surface area contributed by atoms with E-state index in [1.807, 2.05) is 20.8 Å². The molecule has 0 amide bonds. The van der Waals surface area contributed by atoms with Gasteiger partial charge in [-0.1, -0.05) is 6.42 Å². The number of rotatable bonds is 8. The first kappa shape index (κ1) is 20.7. The normalized spacial score (nSPS) is 40.2. The molecular formula is C18H33O7P. The molecule has 152 valence electrons. The number of fused-ring (bicyclic) bond motifs is 3. The average molecular weight is 392 g/mol. The van der Waals surface area contributed by atoms with Gasteiger partial charge in [-0.25, -0.2) is 9.78 Å². The molecule has 3 aliphatic heterocycles. The summed E-state index contributed by atoms with van der Waals surface area (Å²) in [4.78, 5) is 11.8. The Morgan fingerprint density at radius 3 is 2.50 bits per heavy atom. The topological polar surface area (TPSA) is 72.5 Å². The predicted octanol–water partition coefficient (Wildman–Crippen LogP) is 4.26. The Kier molecular flexibility index (Phi) is 6.50. The third-order valence-corrected chi connectivity index (χ3v) is 8.14. The minimum absolute atomic E-state index is 0.114. The van der Waals surface area contributed by atoms with Crippen LogP contribution in [0.15, 0.2) is 0 Å². The van der Waals surface area contributed by atoms with Crippen molar-refractivity contribution in [3.8, 4) is 0 Å². The minimum Gasteiger partial charge on any atom is -0.353 e. The van der Waals surface area contributed by atoms with Gasteiger partial charge in [0.1, 0.15) is 0 Å². The summed E-state index contributed by atoms with van der Waals surface area (Å²) in [6.45, 7) is 6.31. The maximum atomic E-state index is 12.9. The van der Waals surface area contributed by atoms with Crippen LogP contribution in [-0.2, 0) is 32.9 Å². The second-order valence-electron chi connectivity index (χ2n) is 7.66. The molecule has 4 rings (SSSR count). The van der Waals surface area contributed by atoms with Crippen molar-refractivity contribution in [2.45, 2.75) is 77.0 Å². The highest BCUT2D eigenvalue weighted by molar-refractivity contribution is 7.53. The van der Waals surface area contributed by atoms with Crippen LogP contribution in [-0.4, -0.2) is 44.2 Å². The van der Waals surface area contributed by atoms with E-state index in [1.54, 1.807) is 7.11 Å². The summed E-state index contributed by atoms with van der Waals surface area (Å²) < 4.78 is 35.7. The average Bonchev–Trinajstić information content (AvgIpc) is 2.85. The third kappa shape index (κ3) is 3.77. The molecule has 0 aromatic carbocycles. The molecule has 0 unspecified atom stereocenters. The van der Waals surface area contributed by atoms with Crippen LogP contribution in [0.5, 0.6) is 0 Å². The Bertz CT molecular complexity index is 520. The molecule has 0 N–H and O–H groups in total. The Labute approximate surface area is 156 Å². The van der Waals surface area contributed by atoms with Gasteiger partial charge >= 0.3 is 7.60 Å². The highest BCUT2D eigenvalue weighted by Gasteiger charge is 2.63. The van der Waals surface area contributed by atoms with Crippen molar-refractivity contribution >= 4 is 7.60 Å². The minimum atomic E-state index is -3.09. The summed E-state index contributed by atoms with van der Waals surface area (Å²) in [5, 5.41) is 0. The summed E-state index contributed by atoms with van der Waals surface area (Å²) in [6.07, 6.45) is 5.43. The fourth-order valence-electron chi connectivity index (χ4n) is 4.84. The Morgan fingerprint density at radius 2 is 1.85 bits per heavy atom. The summed E-state index contributed by atoms with van der Waals surface area (Å²) in [5.74, 6) is -0.350. The third-order valence-electron chi connectivity index (χ3n) is 6.03. The van der Waals surface area contributed by atoms with E-state index in [0.717, 1.165) is 32.1 Å². The lowest BCUT2D eigenvalue weighted by atomic mass is 9.65. The van der Waals surface area contributed by atoms with E-state index in [2.05, 4.69) is 0 Å². The first-order valence-electron chi connectivity index (χ1n) is 9.87. The molecule has 7 nitrogen and oxygen atoms in total. The van der Waals surface area contributed by atoms with Crippen molar-refractivity contribution in [2.75, 3.05) is 26.5 Å². The summed E-state index contributed by atoms with van der Waals surface area (Å²) in [6, 6.07) is 0. The first-order valence-corrected chi connectivity index (χ1v) is 11.6. The van der Waals surface area contributed by atoms with Crippen LogP contribution in [0.2, 0.25) is 0 Å². The van der Waals surface area contributed by atoms with Crippen LogP contribution < -0.4 is 0 Å². The summed E-state index contributed by atoms with van der Waals surface area (Å²) in [7, 11) is -1.44. The van der Waals surface area contributed by atoms with Crippen LogP contribution in [0.3, 0.4) is 0 Å². The fraction of sp³-hybridized carbons (Fsp3) is 1.00. The van der Waals surface area contributed by atoms with Gasteiger partial charge in [-0.05, 0) is 58.3 Å². The maximum Gasteiger partial charge on any atom is 0.330 e. The molecule has 3 saturated heterocycles. The van der Waals surface area contributed by atoms with E-state index in [4.69, 9.17) is 28.3 Å². The lowest BCUT2D eigenvalue weighted by Crippen LogP contribution is -2.63. The maximum absolute atomic E-state index is 12.9. The number of hydrogen-bond donors (Lipinski definition) is 0. The predicted molar refractivity (Wildman–Crippen MR) is 95.6 cm³/mol.